The molecule has 0 radical (unpaired) electrons. The van der Waals surface area contributed by atoms with Crippen LogP contribution < -0.4 is 20.5 Å². The van der Waals surface area contributed by atoms with E-state index in [4.69, 9.17) is 15.2 Å². The average molecular weight is 369 g/mol. The number of nitrogen functional groups attached to an aromatic ring is 1. The minimum Gasteiger partial charge on any atom is -0.496 e. The summed E-state index contributed by atoms with van der Waals surface area (Å²) in [5.41, 5.74) is 8.60. The molecule has 0 bridgehead atoms. The number of methoxy groups -OCH3 is 2. The smallest absolute Gasteiger partial charge is 0.222 e. The maximum absolute atomic E-state index is 5.92. The standard InChI is InChI=1S/C20H27N5O2/c1-5-7-13(2)22-19-18-15(23-20(21)24-19)10-11-25(18)12-14-16(26-3)8-6-9-17(14)27-4/h6,8-11,13H,5,7,12H2,1-4H3,(H3,21,22,23,24). The summed E-state index contributed by atoms with van der Waals surface area (Å²) in [5, 5.41) is 3.48. The van der Waals surface area contributed by atoms with Gasteiger partial charge in [0, 0.05) is 12.2 Å². The number of anilines is 2. The van der Waals surface area contributed by atoms with Crippen LogP contribution in [0.3, 0.4) is 0 Å². The van der Waals surface area contributed by atoms with E-state index in [1.165, 1.54) is 0 Å². The van der Waals surface area contributed by atoms with Crippen LogP contribution in [0.1, 0.15) is 32.3 Å². The Labute approximate surface area is 159 Å². The summed E-state index contributed by atoms with van der Waals surface area (Å²) in [5.74, 6) is 2.57. The van der Waals surface area contributed by atoms with Crippen LogP contribution in [-0.2, 0) is 6.54 Å². The first-order valence-corrected chi connectivity index (χ1v) is 9.16. The quantitative estimate of drug-likeness (QED) is 0.630. The van der Waals surface area contributed by atoms with Crippen molar-refractivity contribution >= 4 is 22.8 Å². The molecule has 1 atom stereocenters. The molecule has 1 aromatic carbocycles. The molecule has 7 heteroatoms. The Bertz CT molecular complexity index is 900. The SMILES string of the molecule is CCCC(C)Nc1nc(N)nc2ccn(Cc3c(OC)cccc3OC)c12. The van der Waals surface area contributed by atoms with Gasteiger partial charge in [-0.2, -0.15) is 4.98 Å². The van der Waals surface area contributed by atoms with Crippen molar-refractivity contribution in [2.75, 3.05) is 25.3 Å². The fraction of sp³-hybridized carbons (Fsp3) is 0.400. The lowest BCUT2D eigenvalue weighted by Gasteiger charge is -2.17. The second kappa shape index (κ2) is 8.16. The molecule has 3 aromatic rings. The first kappa shape index (κ1) is 18.8. The number of nitrogens with two attached hydrogens (primary N) is 1. The molecular formula is C20H27N5O2. The third-order valence-corrected chi connectivity index (χ3v) is 4.59. The van der Waals surface area contributed by atoms with Gasteiger partial charge in [0.15, 0.2) is 5.82 Å². The molecular weight excluding hydrogens is 342 g/mol. The molecule has 0 aliphatic heterocycles. The Morgan fingerprint density at radius 3 is 2.48 bits per heavy atom. The second-order valence-corrected chi connectivity index (χ2v) is 6.58. The number of nitrogens with one attached hydrogen (secondary N) is 1. The highest BCUT2D eigenvalue weighted by molar-refractivity contribution is 5.87. The zero-order chi connectivity index (χ0) is 19.4. The second-order valence-electron chi connectivity index (χ2n) is 6.58. The molecule has 0 fully saturated rings. The lowest BCUT2D eigenvalue weighted by Crippen LogP contribution is -2.17. The monoisotopic (exact) mass is 369 g/mol. The summed E-state index contributed by atoms with van der Waals surface area (Å²) in [6, 6.07) is 8.01. The van der Waals surface area contributed by atoms with Gasteiger partial charge in [-0.1, -0.05) is 19.4 Å². The predicted octanol–water partition coefficient (Wildman–Crippen LogP) is 3.68. The highest BCUT2D eigenvalue weighted by Crippen LogP contribution is 2.31. The van der Waals surface area contributed by atoms with Crippen LogP contribution >= 0.6 is 0 Å². The molecule has 0 spiro atoms. The maximum Gasteiger partial charge on any atom is 0.222 e. The molecule has 2 aromatic heterocycles. The molecule has 0 amide bonds. The molecule has 0 aliphatic carbocycles. The molecule has 0 aliphatic rings. The Hall–Kier alpha value is -2.96. The van der Waals surface area contributed by atoms with Crippen molar-refractivity contribution in [2.45, 2.75) is 39.3 Å². The number of rotatable bonds is 8. The lowest BCUT2D eigenvalue weighted by atomic mass is 10.1. The first-order chi connectivity index (χ1) is 13.1. The van der Waals surface area contributed by atoms with Crippen molar-refractivity contribution in [3.63, 3.8) is 0 Å². The average Bonchev–Trinajstić information content (AvgIpc) is 3.04. The molecule has 0 saturated heterocycles. The minimum atomic E-state index is 0.265. The van der Waals surface area contributed by atoms with E-state index < -0.39 is 0 Å². The van der Waals surface area contributed by atoms with Gasteiger partial charge in [-0.05, 0) is 31.5 Å². The van der Waals surface area contributed by atoms with E-state index in [2.05, 4.69) is 33.7 Å². The third-order valence-electron chi connectivity index (χ3n) is 4.59. The van der Waals surface area contributed by atoms with Gasteiger partial charge in [0.25, 0.3) is 0 Å². The predicted molar refractivity (Wildman–Crippen MR) is 109 cm³/mol. The normalized spacial score (nSPS) is 12.1. The van der Waals surface area contributed by atoms with Crippen LogP contribution in [0.15, 0.2) is 30.5 Å². The Morgan fingerprint density at radius 2 is 1.85 bits per heavy atom. The highest BCUT2D eigenvalue weighted by Gasteiger charge is 2.16. The van der Waals surface area contributed by atoms with Crippen molar-refractivity contribution < 1.29 is 9.47 Å². The van der Waals surface area contributed by atoms with Gasteiger partial charge in [-0.15, -0.1) is 0 Å². The fourth-order valence-corrected chi connectivity index (χ4v) is 3.35. The van der Waals surface area contributed by atoms with Crippen molar-refractivity contribution in [3.05, 3.63) is 36.0 Å². The Balaban J connectivity index is 2.06. The molecule has 144 valence electrons. The van der Waals surface area contributed by atoms with Crippen LogP contribution in [0, 0.1) is 0 Å². The summed E-state index contributed by atoms with van der Waals surface area (Å²) in [7, 11) is 3.32. The maximum atomic E-state index is 5.92. The largest absolute Gasteiger partial charge is 0.496 e. The van der Waals surface area contributed by atoms with Crippen LogP contribution in [0.2, 0.25) is 0 Å². The van der Waals surface area contributed by atoms with Gasteiger partial charge >= 0.3 is 0 Å². The molecule has 0 saturated carbocycles. The number of nitrogens with zero attached hydrogens (tertiary/aromatic N) is 3. The van der Waals surface area contributed by atoms with Crippen LogP contribution in [-0.4, -0.2) is 34.8 Å². The summed E-state index contributed by atoms with van der Waals surface area (Å²) in [4.78, 5) is 8.84. The summed E-state index contributed by atoms with van der Waals surface area (Å²) in [6.07, 6.45) is 4.13. The van der Waals surface area contributed by atoms with Gasteiger partial charge in [0.1, 0.15) is 17.0 Å². The van der Waals surface area contributed by atoms with Crippen molar-refractivity contribution in [3.8, 4) is 11.5 Å². The molecule has 3 rings (SSSR count). The summed E-state index contributed by atoms with van der Waals surface area (Å²) >= 11 is 0. The molecule has 27 heavy (non-hydrogen) atoms. The van der Waals surface area contributed by atoms with Crippen molar-refractivity contribution in [1.29, 1.82) is 0 Å². The number of aromatic nitrogens is 3. The van der Waals surface area contributed by atoms with E-state index >= 15 is 0 Å². The van der Waals surface area contributed by atoms with Crippen LogP contribution in [0.5, 0.6) is 11.5 Å². The Kier molecular flexibility index (Phi) is 5.69. The summed E-state index contributed by atoms with van der Waals surface area (Å²) in [6.45, 7) is 4.88. The number of fused-ring (bicyclic) bond motifs is 1. The van der Waals surface area contributed by atoms with E-state index in [9.17, 15) is 0 Å². The number of benzene rings is 1. The molecule has 3 N–H and O–H groups in total. The van der Waals surface area contributed by atoms with Gasteiger partial charge in [-0.25, -0.2) is 4.98 Å². The van der Waals surface area contributed by atoms with E-state index in [0.717, 1.165) is 46.8 Å². The van der Waals surface area contributed by atoms with Crippen LogP contribution in [0.4, 0.5) is 11.8 Å². The van der Waals surface area contributed by atoms with Crippen LogP contribution in [0.25, 0.3) is 11.0 Å². The zero-order valence-corrected chi connectivity index (χ0v) is 16.3. The lowest BCUT2D eigenvalue weighted by molar-refractivity contribution is 0.383. The van der Waals surface area contributed by atoms with E-state index in [1.807, 2.05) is 30.5 Å². The van der Waals surface area contributed by atoms with E-state index in [0.29, 0.717) is 6.54 Å². The van der Waals surface area contributed by atoms with Gasteiger partial charge in [0.2, 0.25) is 5.95 Å². The molecule has 7 nitrogen and oxygen atoms in total. The Morgan fingerprint density at radius 1 is 1.15 bits per heavy atom. The number of ether oxygens (including phenoxy) is 2. The number of hydrogen-bond acceptors (Lipinski definition) is 6. The zero-order valence-electron chi connectivity index (χ0n) is 16.3. The van der Waals surface area contributed by atoms with E-state index in [1.54, 1.807) is 14.2 Å². The fourth-order valence-electron chi connectivity index (χ4n) is 3.35. The minimum absolute atomic E-state index is 0.265. The van der Waals surface area contributed by atoms with Gasteiger partial charge in [0.05, 0.1) is 31.8 Å². The highest BCUT2D eigenvalue weighted by atomic mass is 16.5. The molecule has 2 heterocycles. The van der Waals surface area contributed by atoms with Gasteiger partial charge in [-0.3, -0.25) is 0 Å². The topological polar surface area (TPSA) is 87.2 Å². The van der Waals surface area contributed by atoms with Crippen molar-refractivity contribution in [1.82, 2.24) is 14.5 Å². The third kappa shape index (κ3) is 3.92. The molecule has 1 unspecified atom stereocenters. The number of hydrogen-bond donors (Lipinski definition) is 2. The first-order valence-electron chi connectivity index (χ1n) is 9.16. The summed E-state index contributed by atoms with van der Waals surface area (Å²) < 4.78 is 13.2. The van der Waals surface area contributed by atoms with Gasteiger partial charge < -0.3 is 25.1 Å². The van der Waals surface area contributed by atoms with E-state index in [-0.39, 0.29) is 12.0 Å². The van der Waals surface area contributed by atoms with Crippen molar-refractivity contribution in [2.24, 2.45) is 0 Å².